The molecule has 0 radical (unpaired) electrons. The average Bonchev–Trinajstić information content (AvgIpc) is 2.89. The van der Waals surface area contributed by atoms with E-state index in [2.05, 4.69) is 24.4 Å². The first kappa shape index (κ1) is 10.4. The maximum atomic E-state index is 4.31. The Morgan fingerprint density at radius 3 is 3.12 bits per heavy atom. The molecule has 2 aromatic rings. The van der Waals surface area contributed by atoms with Gasteiger partial charge in [0, 0.05) is 62.4 Å². The highest BCUT2D eigenvalue weighted by Gasteiger charge is 2.16. The second-order valence-electron chi connectivity index (χ2n) is 4.32. The smallest absolute Gasteiger partial charge is 0.115 e. The Hall–Kier alpha value is -1.75. The van der Waals surface area contributed by atoms with Crippen LogP contribution in [0.1, 0.15) is 11.3 Å². The summed E-state index contributed by atoms with van der Waals surface area (Å²) in [7, 11) is 0. The van der Waals surface area contributed by atoms with E-state index in [1.807, 2.05) is 24.9 Å². The maximum absolute atomic E-state index is 4.31. The van der Waals surface area contributed by atoms with Crippen LogP contribution in [0.25, 0.3) is 0 Å². The van der Waals surface area contributed by atoms with Crippen LogP contribution >= 0.6 is 0 Å². The van der Waals surface area contributed by atoms with Gasteiger partial charge in [0.15, 0.2) is 0 Å². The van der Waals surface area contributed by atoms with Gasteiger partial charge in [-0.1, -0.05) is 0 Å². The molecule has 1 aliphatic rings. The van der Waals surface area contributed by atoms with Crippen molar-refractivity contribution in [2.75, 3.05) is 13.1 Å². The predicted molar refractivity (Wildman–Crippen MR) is 63.2 cm³/mol. The van der Waals surface area contributed by atoms with Gasteiger partial charge in [-0.2, -0.15) is 0 Å². The van der Waals surface area contributed by atoms with E-state index in [4.69, 9.17) is 0 Å². The third-order valence-electron chi connectivity index (χ3n) is 3.17. The molecule has 0 aliphatic carbocycles. The van der Waals surface area contributed by atoms with Gasteiger partial charge in [-0.3, -0.25) is 4.90 Å². The van der Waals surface area contributed by atoms with E-state index < -0.39 is 0 Å². The first-order chi connectivity index (χ1) is 8.42. The molecule has 0 fully saturated rings. The molecule has 3 heterocycles. The number of imidazole rings is 1. The second-order valence-corrected chi connectivity index (χ2v) is 4.32. The zero-order valence-electron chi connectivity index (χ0n) is 9.66. The van der Waals surface area contributed by atoms with Crippen molar-refractivity contribution in [3.8, 4) is 0 Å². The lowest BCUT2D eigenvalue weighted by Gasteiger charge is -2.27. The fourth-order valence-electron chi connectivity index (χ4n) is 2.19. The van der Waals surface area contributed by atoms with Crippen molar-refractivity contribution in [3.63, 3.8) is 0 Å². The number of fused-ring (bicyclic) bond motifs is 1. The van der Waals surface area contributed by atoms with E-state index in [0.29, 0.717) is 0 Å². The van der Waals surface area contributed by atoms with Gasteiger partial charge in [-0.05, 0) is 0 Å². The summed E-state index contributed by atoms with van der Waals surface area (Å²) in [5.41, 5.74) is 2.48. The third kappa shape index (κ3) is 2.34. The quantitative estimate of drug-likeness (QED) is 0.778. The summed E-state index contributed by atoms with van der Waals surface area (Å²) in [6.07, 6.45) is 10.3. The number of hydrogen-bond acceptors (Lipinski definition) is 4. The van der Waals surface area contributed by atoms with Crippen LogP contribution in [-0.2, 0) is 19.5 Å². The Bertz CT molecular complexity index is 479. The molecule has 0 saturated carbocycles. The zero-order valence-corrected chi connectivity index (χ0v) is 9.66. The number of hydrogen-bond donors (Lipinski definition) is 0. The van der Waals surface area contributed by atoms with Gasteiger partial charge in [0.05, 0.1) is 6.33 Å². The van der Waals surface area contributed by atoms with Gasteiger partial charge >= 0.3 is 0 Å². The molecule has 0 unspecified atom stereocenters. The highest BCUT2D eigenvalue weighted by molar-refractivity contribution is 5.18. The lowest BCUT2D eigenvalue weighted by molar-refractivity contribution is 0.241. The topological polar surface area (TPSA) is 46.8 Å². The van der Waals surface area contributed by atoms with Crippen LogP contribution in [-0.4, -0.2) is 37.5 Å². The Morgan fingerprint density at radius 1 is 1.24 bits per heavy atom. The van der Waals surface area contributed by atoms with Gasteiger partial charge in [0.2, 0.25) is 0 Å². The molecule has 0 aromatic carbocycles. The lowest BCUT2D eigenvalue weighted by atomic mass is 10.1. The van der Waals surface area contributed by atoms with Crippen LogP contribution in [0.5, 0.6) is 0 Å². The monoisotopic (exact) mass is 229 g/mol. The molecular formula is C12H15N5. The van der Waals surface area contributed by atoms with Gasteiger partial charge in [-0.15, -0.1) is 0 Å². The summed E-state index contributed by atoms with van der Waals surface area (Å²) in [5, 5.41) is 0. The Morgan fingerprint density at radius 2 is 2.24 bits per heavy atom. The van der Waals surface area contributed by atoms with E-state index in [9.17, 15) is 0 Å². The van der Waals surface area contributed by atoms with Gasteiger partial charge in [0.25, 0.3) is 0 Å². The fraction of sp³-hybridized carbons (Fsp3) is 0.417. The van der Waals surface area contributed by atoms with Crippen LogP contribution in [0.2, 0.25) is 0 Å². The summed E-state index contributed by atoms with van der Waals surface area (Å²) in [4.78, 5) is 14.9. The summed E-state index contributed by atoms with van der Waals surface area (Å²) < 4.78 is 2.11. The summed E-state index contributed by atoms with van der Waals surface area (Å²) in [6, 6.07) is 0. The third-order valence-corrected chi connectivity index (χ3v) is 3.17. The minimum Gasteiger partial charge on any atom is -0.336 e. The minimum absolute atomic E-state index is 0.963. The normalized spacial score (nSPS) is 15.8. The Labute approximate surface area is 100 Å². The van der Waals surface area contributed by atoms with Crippen LogP contribution in [0.4, 0.5) is 0 Å². The molecule has 5 heteroatoms. The second kappa shape index (κ2) is 4.63. The van der Waals surface area contributed by atoms with E-state index in [0.717, 1.165) is 32.6 Å². The predicted octanol–water partition coefficient (Wildman–Crippen LogP) is 0.731. The van der Waals surface area contributed by atoms with Gasteiger partial charge < -0.3 is 4.57 Å². The van der Waals surface area contributed by atoms with Crippen molar-refractivity contribution >= 4 is 0 Å². The molecule has 0 atom stereocenters. The molecule has 0 saturated heterocycles. The first-order valence-electron chi connectivity index (χ1n) is 5.88. The van der Waals surface area contributed by atoms with Gasteiger partial charge in [-0.25, -0.2) is 15.0 Å². The molecule has 0 spiro atoms. The Kier molecular flexibility index (Phi) is 2.83. The minimum atomic E-state index is 0.963. The highest BCUT2D eigenvalue weighted by Crippen LogP contribution is 2.14. The molecule has 0 N–H and O–H groups in total. The molecular weight excluding hydrogens is 214 g/mol. The largest absolute Gasteiger partial charge is 0.336 e. The Balaban J connectivity index is 1.61. The van der Waals surface area contributed by atoms with Crippen molar-refractivity contribution in [2.45, 2.75) is 19.5 Å². The molecule has 88 valence electrons. The van der Waals surface area contributed by atoms with Crippen LogP contribution < -0.4 is 0 Å². The molecule has 2 aromatic heterocycles. The zero-order chi connectivity index (χ0) is 11.5. The standard InChI is InChI=1S/C12H15N5/c1-3-16(5-6-17-4-2-13-10-17)8-11-7-14-9-15-12(1)11/h2,4,7,9-10H,1,3,5-6,8H2. The summed E-state index contributed by atoms with van der Waals surface area (Å²) >= 11 is 0. The highest BCUT2D eigenvalue weighted by atomic mass is 15.2. The first-order valence-corrected chi connectivity index (χ1v) is 5.88. The van der Waals surface area contributed by atoms with E-state index >= 15 is 0 Å². The number of aromatic nitrogens is 4. The van der Waals surface area contributed by atoms with Crippen molar-refractivity contribution in [1.29, 1.82) is 0 Å². The van der Waals surface area contributed by atoms with Crippen LogP contribution in [0, 0.1) is 0 Å². The molecule has 17 heavy (non-hydrogen) atoms. The van der Waals surface area contributed by atoms with Crippen molar-refractivity contribution < 1.29 is 0 Å². The SMILES string of the molecule is c1cn(CCN2CCc3ncncc3C2)cn1. The molecule has 0 bridgehead atoms. The fourth-order valence-corrected chi connectivity index (χ4v) is 2.19. The van der Waals surface area contributed by atoms with Crippen molar-refractivity contribution in [2.24, 2.45) is 0 Å². The van der Waals surface area contributed by atoms with Crippen LogP contribution in [0.3, 0.4) is 0 Å². The van der Waals surface area contributed by atoms with Crippen molar-refractivity contribution in [3.05, 3.63) is 42.5 Å². The van der Waals surface area contributed by atoms with E-state index in [1.54, 1.807) is 6.33 Å². The summed E-state index contributed by atoms with van der Waals surface area (Å²) in [6.45, 7) is 4.08. The molecule has 1 aliphatic heterocycles. The maximum Gasteiger partial charge on any atom is 0.115 e. The number of nitrogens with zero attached hydrogens (tertiary/aromatic N) is 5. The van der Waals surface area contributed by atoms with Crippen LogP contribution in [0.15, 0.2) is 31.2 Å². The summed E-state index contributed by atoms with van der Waals surface area (Å²) in [5.74, 6) is 0. The molecule has 5 nitrogen and oxygen atoms in total. The average molecular weight is 229 g/mol. The molecule has 0 amide bonds. The van der Waals surface area contributed by atoms with Crippen molar-refractivity contribution in [1.82, 2.24) is 24.4 Å². The lowest BCUT2D eigenvalue weighted by Crippen LogP contribution is -2.33. The van der Waals surface area contributed by atoms with E-state index in [-0.39, 0.29) is 0 Å². The van der Waals surface area contributed by atoms with E-state index in [1.165, 1.54) is 11.3 Å². The molecule has 3 rings (SSSR count). The van der Waals surface area contributed by atoms with Gasteiger partial charge in [0.1, 0.15) is 6.33 Å². The number of rotatable bonds is 3.